The summed E-state index contributed by atoms with van der Waals surface area (Å²) in [5.41, 5.74) is 0. The molecular formula is C19H38O4. The van der Waals surface area contributed by atoms with Gasteiger partial charge in [-0.15, -0.1) is 0 Å². The monoisotopic (exact) mass is 330 g/mol. The van der Waals surface area contributed by atoms with Crippen molar-refractivity contribution in [3.63, 3.8) is 0 Å². The molecule has 0 aliphatic heterocycles. The summed E-state index contributed by atoms with van der Waals surface area (Å²) < 4.78 is 4.40. The van der Waals surface area contributed by atoms with E-state index in [-0.39, 0.29) is 0 Å². The van der Waals surface area contributed by atoms with Crippen LogP contribution in [-0.2, 0) is 9.53 Å². The van der Waals surface area contributed by atoms with Gasteiger partial charge in [0.15, 0.2) is 6.10 Å². The number of aliphatic hydroxyl groups is 2. The molecule has 0 amide bonds. The first-order valence-electron chi connectivity index (χ1n) is 9.57. The minimum Gasteiger partial charge on any atom is -0.467 e. The Kier molecular flexibility index (Phi) is 15.8. The van der Waals surface area contributed by atoms with E-state index < -0.39 is 18.2 Å². The highest BCUT2D eigenvalue weighted by Gasteiger charge is 2.24. The van der Waals surface area contributed by atoms with E-state index >= 15 is 0 Å². The van der Waals surface area contributed by atoms with Crippen molar-refractivity contribution in [1.29, 1.82) is 0 Å². The van der Waals surface area contributed by atoms with Crippen molar-refractivity contribution in [3.8, 4) is 0 Å². The largest absolute Gasteiger partial charge is 0.467 e. The smallest absolute Gasteiger partial charge is 0.337 e. The highest BCUT2D eigenvalue weighted by atomic mass is 16.5. The van der Waals surface area contributed by atoms with Crippen molar-refractivity contribution in [1.82, 2.24) is 0 Å². The maximum atomic E-state index is 11.1. The average Bonchev–Trinajstić information content (AvgIpc) is 2.57. The van der Waals surface area contributed by atoms with Crippen molar-refractivity contribution in [2.45, 2.75) is 109 Å². The molecule has 0 aliphatic rings. The molecule has 0 rings (SSSR count). The number of rotatable bonds is 16. The van der Waals surface area contributed by atoms with E-state index in [1.807, 2.05) is 0 Å². The topological polar surface area (TPSA) is 66.8 Å². The van der Waals surface area contributed by atoms with Crippen LogP contribution in [0.5, 0.6) is 0 Å². The van der Waals surface area contributed by atoms with Crippen LogP contribution in [0, 0.1) is 0 Å². The van der Waals surface area contributed by atoms with Gasteiger partial charge in [0.25, 0.3) is 0 Å². The Balaban J connectivity index is 3.26. The fourth-order valence-corrected chi connectivity index (χ4v) is 2.81. The van der Waals surface area contributed by atoms with E-state index in [1.54, 1.807) is 0 Å². The Labute approximate surface area is 142 Å². The van der Waals surface area contributed by atoms with E-state index in [0.717, 1.165) is 19.3 Å². The molecule has 23 heavy (non-hydrogen) atoms. The fraction of sp³-hybridized carbons (Fsp3) is 0.947. The second kappa shape index (κ2) is 16.3. The van der Waals surface area contributed by atoms with E-state index in [1.165, 1.54) is 71.3 Å². The Morgan fingerprint density at radius 3 is 1.57 bits per heavy atom. The molecule has 0 spiro atoms. The van der Waals surface area contributed by atoms with Gasteiger partial charge in [-0.25, -0.2) is 4.79 Å². The van der Waals surface area contributed by atoms with Gasteiger partial charge in [0.2, 0.25) is 0 Å². The van der Waals surface area contributed by atoms with Crippen LogP contribution in [0.15, 0.2) is 0 Å². The molecule has 0 fully saturated rings. The van der Waals surface area contributed by atoms with E-state index in [4.69, 9.17) is 0 Å². The standard InChI is InChI=1S/C19H38O4/c1-3-4-5-6-7-8-9-10-11-12-13-14-15-16-17(20)18(21)19(22)23-2/h17-18,20-21H,3-16H2,1-2H3. The number of aliphatic hydroxyl groups excluding tert-OH is 2. The molecule has 0 aromatic rings. The van der Waals surface area contributed by atoms with Gasteiger partial charge >= 0.3 is 5.97 Å². The molecule has 0 aromatic heterocycles. The van der Waals surface area contributed by atoms with Gasteiger partial charge in [0.05, 0.1) is 13.2 Å². The number of hydrogen-bond donors (Lipinski definition) is 2. The Morgan fingerprint density at radius 1 is 0.783 bits per heavy atom. The highest BCUT2D eigenvalue weighted by Crippen LogP contribution is 2.14. The van der Waals surface area contributed by atoms with E-state index in [2.05, 4.69) is 11.7 Å². The predicted octanol–water partition coefficient (Wildman–Crippen LogP) is 4.36. The summed E-state index contributed by atoms with van der Waals surface area (Å²) in [6.45, 7) is 2.25. The summed E-state index contributed by atoms with van der Waals surface area (Å²) in [6.07, 6.45) is 14.6. The lowest BCUT2D eigenvalue weighted by molar-refractivity contribution is -0.156. The lowest BCUT2D eigenvalue weighted by atomic mass is 10.0. The summed E-state index contributed by atoms with van der Waals surface area (Å²) in [5, 5.41) is 19.1. The number of hydrogen-bond acceptors (Lipinski definition) is 4. The molecule has 4 nitrogen and oxygen atoms in total. The third kappa shape index (κ3) is 13.5. The average molecular weight is 331 g/mol. The number of methoxy groups -OCH3 is 1. The number of esters is 1. The molecule has 0 aromatic carbocycles. The molecule has 0 saturated heterocycles. The minimum absolute atomic E-state index is 0.452. The number of unbranched alkanes of at least 4 members (excludes halogenated alkanes) is 12. The van der Waals surface area contributed by atoms with Crippen molar-refractivity contribution in [3.05, 3.63) is 0 Å². The second-order valence-corrected chi connectivity index (χ2v) is 6.57. The summed E-state index contributed by atoms with van der Waals surface area (Å²) >= 11 is 0. The number of ether oxygens (including phenoxy) is 1. The molecule has 2 unspecified atom stereocenters. The molecule has 0 heterocycles. The molecule has 2 atom stereocenters. The summed E-state index contributed by atoms with van der Waals surface area (Å²) in [7, 11) is 1.21. The molecule has 2 N–H and O–H groups in total. The van der Waals surface area contributed by atoms with Crippen LogP contribution in [0.2, 0.25) is 0 Å². The van der Waals surface area contributed by atoms with Crippen LogP contribution < -0.4 is 0 Å². The van der Waals surface area contributed by atoms with Crippen LogP contribution >= 0.6 is 0 Å². The van der Waals surface area contributed by atoms with Crippen LogP contribution in [0.3, 0.4) is 0 Å². The van der Waals surface area contributed by atoms with Gasteiger partial charge in [0, 0.05) is 0 Å². The maximum Gasteiger partial charge on any atom is 0.337 e. The van der Waals surface area contributed by atoms with Gasteiger partial charge in [-0.3, -0.25) is 0 Å². The third-order valence-corrected chi connectivity index (χ3v) is 4.41. The zero-order valence-corrected chi connectivity index (χ0v) is 15.3. The fourth-order valence-electron chi connectivity index (χ4n) is 2.81. The van der Waals surface area contributed by atoms with Gasteiger partial charge in [-0.1, -0.05) is 90.4 Å². The first-order valence-corrected chi connectivity index (χ1v) is 9.57. The number of carbonyl (C=O) groups excluding carboxylic acids is 1. The van der Waals surface area contributed by atoms with Crippen molar-refractivity contribution in [2.75, 3.05) is 7.11 Å². The van der Waals surface area contributed by atoms with Crippen LogP contribution in [0.25, 0.3) is 0 Å². The first-order chi connectivity index (χ1) is 11.1. The van der Waals surface area contributed by atoms with E-state index in [0.29, 0.717) is 6.42 Å². The van der Waals surface area contributed by atoms with Crippen LogP contribution in [0.1, 0.15) is 96.8 Å². The van der Waals surface area contributed by atoms with Crippen molar-refractivity contribution < 1.29 is 19.7 Å². The molecule has 4 heteroatoms. The maximum absolute atomic E-state index is 11.1. The van der Waals surface area contributed by atoms with Gasteiger partial charge in [-0.05, 0) is 6.42 Å². The zero-order chi connectivity index (χ0) is 17.3. The summed E-state index contributed by atoms with van der Waals surface area (Å²) in [5.74, 6) is -0.757. The SMILES string of the molecule is CCCCCCCCCCCCCCCC(O)C(O)C(=O)OC. The molecule has 0 saturated carbocycles. The first kappa shape index (κ1) is 22.4. The molecule has 0 bridgehead atoms. The minimum atomic E-state index is -1.41. The number of carbonyl (C=O) groups is 1. The zero-order valence-electron chi connectivity index (χ0n) is 15.3. The Hall–Kier alpha value is -0.610. The molecule has 0 radical (unpaired) electrons. The van der Waals surface area contributed by atoms with Gasteiger partial charge in [0.1, 0.15) is 0 Å². The van der Waals surface area contributed by atoms with Gasteiger partial charge < -0.3 is 14.9 Å². The Morgan fingerprint density at radius 2 is 1.17 bits per heavy atom. The van der Waals surface area contributed by atoms with Crippen molar-refractivity contribution >= 4 is 5.97 Å². The molecule has 138 valence electrons. The summed E-state index contributed by atoms with van der Waals surface area (Å²) in [6, 6.07) is 0. The van der Waals surface area contributed by atoms with Crippen LogP contribution in [-0.4, -0.2) is 35.5 Å². The van der Waals surface area contributed by atoms with Gasteiger partial charge in [-0.2, -0.15) is 0 Å². The van der Waals surface area contributed by atoms with Crippen molar-refractivity contribution in [2.24, 2.45) is 0 Å². The van der Waals surface area contributed by atoms with Crippen LogP contribution in [0.4, 0.5) is 0 Å². The normalized spacial score (nSPS) is 13.7. The second-order valence-electron chi connectivity index (χ2n) is 6.57. The molecular weight excluding hydrogens is 292 g/mol. The lowest BCUT2D eigenvalue weighted by Gasteiger charge is -2.15. The Bertz CT molecular complexity index is 268. The third-order valence-electron chi connectivity index (χ3n) is 4.41. The summed E-state index contributed by atoms with van der Waals surface area (Å²) in [4.78, 5) is 11.1. The molecule has 0 aliphatic carbocycles. The van der Waals surface area contributed by atoms with E-state index in [9.17, 15) is 15.0 Å². The quantitative estimate of drug-likeness (QED) is 0.326. The highest BCUT2D eigenvalue weighted by molar-refractivity contribution is 5.74. The lowest BCUT2D eigenvalue weighted by Crippen LogP contribution is -2.34. The predicted molar refractivity (Wildman–Crippen MR) is 94.3 cm³/mol.